The summed E-state index contributed by atoms with van der Waals surface area (Å²) in [6, 6.07) is 0. The van der Waals surface area contributed by atoms with Crippen LogP contribution < -0.4 is 14.6 Å². The fourth-order valence-corrected chi connectivity index (χ4v) is 1.94. The lowest BCUT2D eigenvalue weighted by Gasteiger charge is -2.14. The van der Waals surface area contributed by atoms with E-state index in [2.05, 4.69) is 4.98 Å². The van der Waals surface area contributed by atoms with Crippen molar-refractivity contribution < 1.29 is 26.7 Å². The van der Waals surface area contributed by atoms with E-state index >= 15 is 0 Å². The highest BCUT2D eigenvalue weighted by atomic mass is 32.2. The number of ether oxygens (including phenoxy) is 2. The number of nitrogens with zero attached hydrogens (tertiary/aromatic N) is 1. The van der Waals surface area contributed by atoms with Gasteiger partial charge in [0.2, 0.25) is 0 Å². The van der Waals surface area contributed by atoms with E-state index in [4.69, 9.17) is 14.6 Å². The summed E-state index contributed by atoms with van der Waals surface area (Å²) in [5.74, 6) is -0.503. The van der Waals surface area contributed by atoms with Crippen LogP contribution in [0.25, 0.3) is 0 Å². The van der Waals surface area contributed by atoms with Crippen molar-refractivity contribution in [3.05, 3.63) is 11.8 Å². The molecule has 0 bridgehead atoms. The van der Waals surface area contributed by atoms with E-state index in [1.54, 1.807) is 0 Å². The van der Waals surface area contributed by atoms with Crippen molar-refractivity contribution >= 4 is 10.0 Å². The summed E-state index contributed by atoms with van der Waals surface area (Å²) in [5.41, 5.74) is -0.908. The molecule has 0 fully saturated rings. The van der Waals surface area contributed by atoms with Crippen LogP contribution in [0.15, 0.2) is 11.2 Å². The Morgan fingerprint density at radius 3 is 2.29 bits per heavy atom. The van der Waals surface area contributed by atoms with E-state index in [1.807, 2.05) is 0 Å². The number of methoxy groups -OCH3 is 2. The first-order valence-electron chi connectivity index (χ1n) is 4.24. The molecule has 1 aromatic heterocycles. The van der Waals surface area contributed by atoms with Crippen LogP contribution in [0.2, 0.25) is 0 Å². The fourth-order valence-electron chi connectivity index (χ4n) is 1.25. The third-order valence-corrected chi connectivity index (χ3v) is 2.77. The van der Waals surface area contributed by atoms with E-state index < -0.39 is 32.8 Å². The van der Waals surface area contributed by atoms with E-state index in [0.29, 0.717) is 0 Å². The first kappa shape index (κ1) is 13.6. The first-order valence-corrected chi connectivity index (χ1v) is 5.79. The van der Waals surface area contributed by atoms with Crippen LogP contribution in [0.4, 0.5) is 8.78 Å². The molecule has 1 rings (SSSR count). The molecular weight excluding hydrogens is 258 g/mol. The van der Waals surface area contributed by atoms with Crippen LogP contribution in [-0.4, -0.2) is 27.6 Å². The maximum absolute atomic E-state index is 12.8. The SMILES string of the molecule is COc1cnc(S(N)(=O)=O)c(C(F)F)c1OC. The third kappa shape index (κ3) is 2.61. The second-order valence-electron chi connectivity index (χ2n) is 2.92. The average Bonchev–Trinajstić information content (AvgIpc) is 2.25. The number of hydrogen-bond acceptors (Lipinski definition) is 5. The molecule has 0 aliphatic heterocycles. The molecule has 0 saturated carbocycles. The minimum absolute atomic E-state index is 0.102. The minimum atomic E-state index is -4.36. The van der Waals surface area contributed by atoms with E-state index in [9.17, 15) is 17.2 Å². The van der Waals surface area contributed by atoms with Gasteiger partial charge in [-0.05, 0) is 0 Å². The average molecular weight is 268 g/mol. The van der Waals surface area contributed by atoms with Crippen LogP contribution in [0.3, 0.4) is 0 Å². The highest BCUT2D eigenvalue weighted by Crippen LogP contribution is 2.39. The van der Waals surface area contributed by atoms with Gasteiger partial charge in [0.15, 0.2) is 16.5 Å². The normalized spacial score (nSPS) is 11.6. The third-order valence-electron chi connectivity index (χ3n) is 1.91. The molecule has 0 spiro atoms. The van der Waals surface area contributed by atoms with E-state index in [0.717, 1.165) is 13.3 Å². The number of primary sulfonamides is 1. The topological polar surface area (TPSA) is 91.5 Å². The Kier molecular flexibility index (Phi) is 3.83. The van der Waals surface area contributed by atoms with Gasteiger partial charge in [0, 0.05) is 0 Å². The molecule has 0 aliphatic carbocycles. The number of halogens is 2. The number of aromatic nitrogens is 1. The molecule has 9 heteroatoms. The lowest BCUT2D eigenvalue weighted by atomic mass is 10.2. The molecule has 0 amide bonds. The Labute approximate surface area is 96.4 Å². The predicted octanol–water partition coefficient (Wildman–Crippen LogP) is 0.684. The maximum Gasteiger partial charge on any atom is 0.270 e. The number of nitrogens with two attached hydrogens (primary N) is 1. The number of rotatable bonds is 4. The summed E-state index contributed by atoms with van der Waals surface area (Å²) in [4.78, 5) is 3.35. The molecule has 1 heterocycles. The van der Waals surface area contributed by atoms with Gasteiger partial charge in [-0.25, -0.2) is 27.3 Å². The Bertz CT molecular complexity index is 519. The van der Waals surface area contributed by atoms with Crippen molar-refractivity contribution in [2.75, 3.05) is 14.2 Å². The molecule has 0 aliphatic rings. The van der Waals surface area contributed by atoms with Gasteiger partial charge in [-0.15, -0.1) is 0 Å². The zero-order valence-corrected chi connectivity index (χ0v) is 9.79. The Hall–Kier alpha value is -1.48. The Morgan fingerprint density at radius 1 is 1.35 bits per heavy atom. The van der Waals surface area contributed by atoms with Gasteiger partial charge in [-0.3, -0.25) is 0 Å². The van der Waals surface area contributed by atoms with Crippen LogP contribution in [0, 0.1) is 0 Å². The molecule has 0 aromatic carbocycles. The number of sulfonamides is 1. The van der Waals surface area contributed by atoms with Crippen molar-refractivity contribution in [3.63, 3.8) is 0 Å². The molecule has 0 atom stereocenters. The van der Waals surface area contributed by atoms with Gasteiger partial charge in [0.25, 0.3) is 16.4 Å². The highest BCUT2D eigenvalue weighted by molar-refractivity contribution is 7.89. The zero-order chi connectivity index (χ0) is 13.2. The lowest BCUT2D eigenvalue weighted by molar-refractivity contribution is 0.141. The molecular formula is C8H10F2N2O4S. The van der Waals surface area contributed by atoms with E-state index in [-0.39, 0.29) is 5.75 Å². The number of alkyl halides is 2. The van der Waals surface area contributed by atoms with Crippen LogP contribution in [0.5, 0.6) is 11.5 Å². The van der Waals surface area contributed by atoms with Crippen molar-refractivity contribution in [1.82, 2.24) is 4.98 Å². The van der Waals surface area contributed by atoms with E-state index in [1.165, 1.54) is 7.11 Å². The Morgan fingerprint density at radius 2 is 1.94 bits per heavy atom. The van der Waals surface area contributed by atoms with Crippen molar-refractivity contribution in [3.8, 4) is 11.5 Å². The monoisotopic (exact) mass is 268 g/mol. The van der Waals surface area contributed by atoms with Crippen molar-refractivity contribution in [1.29, 1.82) is 0 Å². The van der Waals surface area contributed by atoms with Gasteiger partial charge < -0.3 is 9.47 Å². The standard InChI is InChI=1S/C8H10F2N2O4S/c1-15-4-3-12-8(17(11,13)14)5(7(9)10)6(4)16-2/h3,7H,1-2H3,(H2,11,13,14). The molecule has 0 unspecified atom stereocenters. The first-order chi connectivity index (χ1) is 7.82. The van der Waals surface area contributed by atoms with Crippen LogP contribution in [0.1, 0.15) is 12.0 Å². The van der Waals surface area contributed by atoms with Gasteiger partial charge in [-0.2, -0.15) is 0 Å². The summed E-state index contributed by atoms with van der Waals surface area (Å²) in [7, 11) is -2.04. The zero-order valence-electron chi connectivity index (χ0n) is 8.98. The molecule has 2 N–H and O–H groups in total. The largest absolute Gasteiger partial charge is 0.492 e. The van der Waals surface area contributed by atoms with Crippen molar-refractivity contribution in [2.45, 2.75) is 11.5 Å². The number of hydrogen-bond donors (Lipinski definition) is 1. The van der Waals surface area contributed by atoms with Crippen molar-refractivity contribution in [2.24, 2.45) is 5.14 Å². The van der Waals surface area contributed by atoms with Crippen LogP contribution in [-0.2, 0) is 10.0 Å². The number of pyridine rings is 1. The molecule has 96 valence electrons. The maximum atomic E-state index is 12.8. The summed E-state index contributed by atoms with van der Waals surface area (Å²) in [5, 5.41) is 3.86. The lowest BCUT2D eigenvalue weighted by Crippen LogP contribution is -2.17. The molecule has 6 nitrogen and oxygen atoms in total. The van der Waals surface area contributed by atoms with Gasteiger partial charge in [-0.1, -0.05) is 0 Å². The summed E-state index contributed by atoms with van der Waals surface area (Å²) >= 11 is 0. The molecule has 17 heavy (non-hydrogen) atoms. The predicted molar refractivity (Wildman–Crippen MR) is 53.7 cm³/mol. The van der Waals surface area contributed by atoms with Gasteiger partial charge in [0.1, 0.15) is 5.56 Å². The molecule has 1 aromatic rings. The summed E-state index contributed by atoms with van der Waals surface area (Å²) in [6.07, 6.45) is -2.16. The van der Waals surface area contributed by atoms with Crippen LogP contribution >= 0.6 is 0 Å². The van der Waals surface area contributed by atoms with Gasteiger partial charge in [0.05, 0.1) is 20.4 Å². The second-order valence-corrected chi connectivity index (χ2v) is 4.40. The molecule has 0 radical (unpaired) electrons. The quantitative estimate of drug-likeness (QED) is 0.867. The minimum Gasteiger partial charge on any atom is -0.492 e. The highest BCUT2D eigenvalue weighted by Gasteiger charge is 2.29. The second kappa shape index (κ2) is 4.80. The Balaban J connectivity index is 3.66. The molecule has 0 saturated heterocycles. The fraction of sp³-hybridized carbons (Fsp3) is 0.375. The summed E-state index contributed by atoms with van der Waals surface area (Å²) < 4.78 is 57.3. The van der Waals surface area contributed by atoms with Gasteiger partial charge >= 0.3 is 0 Å². The smallest absolute Gasteiger partial charge is 0.270 e. The summed E-state index contributed by atoms with van der Waals surface area (Å²) in [6.45, 7) is 0.